The summed E-state index contributed by atoms with van der Waals surface area (Å²) in [5, 5.41) is 0. The van der Waals surface area contributed by atoms with Crippen LogP contribution >= 0.6 is 0 Å². The van der Waals surface area contributed by atoms with Crippen LogP contribution in [0, 0.1) is 6.92 Å². The highest BCUT2D eigenvalue weighted by atomic mass is 16.3. The summed E-state index contributed by atoms with van der Waals surface area (Å²) in [5.41, 5.74) is 8.25. The fourth-order valence-electron chi connectivity index (χ4n) is 3.92. The van der Waals surface area contributed by atoms with Crippen LogP contribution in [0.4, 0.5) is 0 Å². The van der Waals surface area contributed by atoms with Crippen LogP contribution in [-0.4, -0.2) is 0 Å². The highest BCUT2D eigenvalue weighted by molar-refractivity contribution is 5.90. The highest BCUT2D eigenvalue weighted by Gasteiger charge is 2.26. The average molecular weight is 373 g/mol. The maximum Gasteiger partial charge on any atom is 0.364 e. The molecule has 0 bridgehead atoms. The van der Waals surface area contributed by atoms with Gasteiger partial charge in [-0.25, -0.2) is 4.42 Å². The van der Waals surface area contributed by atoms with Gasteiger partial charge in [-0.1, -0.05) is 78.9 Å². The molecule has 0 atom stereocenters. The number of hydrogen-bond acceptors (Lipinski definition) is 0. The summed E-state index contributed by atoms with van der Waals surface area (Å²) in [6.07, 6.45) is 0. The summed E-state index contributed by atoms with van der Waals surface area (Å²) in [5.74, 6) is 1.79. The minimum Gasteiger partial charge on any atom is -0.206 e. The Morgan fingerprint density at radius 1 is 0.483 bits per heavy atom. The van der Waals surface area contributed by atoms with E-state index in [1.807, 2.05) is 24.3 Å². The van der Waals surface area contributed by atoms with Crippen molar-refractivity contribution in [3.05, 3.63) is 115 Å². The Kier molecular flexibility index (Phi) is 4.42. The first-order valence-electron chi connectivity index (χ1n) is 9.88. The Morgan fingerprint density at radius 3 is 1.76 bits per heavy atom. The van der Waals surface area contributed by atoms with Crippen molar-refractivity contribution >= 4 is 0 Å². The Hall–Kier alpha value is -3.71. The third-order valence-corrected chi connectivity index (χ3v) is 5.41. The molecule has 0 saturated heterocycles. The molecule has 2 aliphatic rings. The van der Waals surface area contributed by atoms with E-state index in [4.69, 9.17) is 4.42 Å². The number of rotatable bonds is 3. The van der Waals surface area contributed by atoms with E-state index in [-0.39, 0.29) is 0 Å². The molecule has 0 unspecified atom stereocenters. The van der Waals surface area contributed by atoms with Crippen molar-refractivity contribution in [2.45, 2.75) is 6.92 Å². The van der Waals surface area contributed by atoms with Crippen molar-refractivity contribution in [2.75, 3.05) is 0 Å². The van der Waals surface area contributed by atoms with Crippen molar-refractivity contribution in [1.82, 2.24) is 0 Å². The second-order valence-electron chi connectivity index (χ2n) is 7.24. The lowest BCUT2D eigenvalue weighted by Crippen LogP contribution is -1.91. The lowest BCUT2D eigenvalue weighted by atomic mass is 9.95. The van der Waals surface area contributed by atoms with Crippen LogP contribution in [0.25, 0.3) is 44.9 Å². The van der Waals surface area contributed by atoms with Gasteiger partial charge in [-0.2, -0.15) is 0 Å². The molecule has 1 heterocycles. The van der Waals surface area contributed by atoms with Crippen LogP contribution in [0.1, 0.15) is 5.56 Å². The van der Waals surface area contributed by atoms with Gasteiger partial charge in [0.2, 0.25) is 0 Å². The first kappa shape index (κ1) is 17.4. The maximum atomic E-state index is 6.45. The molecule has 0 spiro atoms. The van der Waals surface area contributed by atoms with Gasteiger partial charge in [0.25, 0.3) is 0 Å². The summed E-state index contributed by atoms with van der Waals surface area (Å²) in [6.45, 7) is 2.15. The molecular formula is C28H21O+. The molecular weight excluding hydrogens is 352 g/mol. The molecule has 0 aliphatic heterocycles. The zero-order valence-corrected chi connectivity index (χ0v) is 16.3. The Bertz CT molecular complexity index is 1240. The van der Waals surface area contributed by atoms with Crippen LogP contribution in [0.15, 0.2) is 114 Å². The second-order valence-corrected chi connectivity index (χ2v) is 7.24. The maximum absolute atomic E-state index is 6.45. The van der Waals surface area contributed by atoms with Gasteiger partial charge in [-0.3, -0.25) is 0 Å². The zero-order valence-electron chi connectivity index (χ0n) is 16.3. The van der Waals surface area contributed by atoms with E-state index in [0.717, 1.165) is 28.2 Å². The monoisotopic (exact) mass is 373 g/mol. The van der Waals surface area contributed by atoms with Gasteiger partial charge in [0.1, 0.15) is 0 Å². The van der Waals surface area contributed by atoms with Crippen LogP contribution in [0.3, 0.4) is 0 Å². The molecule has 29 heavy (non-hydrogen) atoms. The van der Waals surface area contributed by atoms with Crippen LogP contribution in [-0.2, 0) is 0 Å². The predicted molar refractivity (Wildman–Crippen MR) is 121 cm³/mol. The van der Waals surface area contributed by atoms with Gasteiger partial charge in [0, 0.05) is 5.56 Å². The third-order valence-electron chi connectivity index (χ3n) is 5.41. The van der Waals surface area contributed by atoms with Crippen LogP contribution < -0.4 is 0 Å². The normalized spacial score (nSPS) is 10.9. The molecule has 0 N–H and O–H groups in total. The molecule has 3 aromatic rings. The summed E-state index contributed by atoms with van der Waals surface area (Å²) in [7, 11) is 0. The lowest BCUT2D eigenvalue weighted by Gasteiger charge is -2.07. The molecule has 0 fully saturated rings. The molecule has 1 aromatic heterocycles. The third kappa shape index (κ3) is 3.21. The van der Waals surface area contributed by atoms with E-state index < -0.39 is 0 Å². The lowest BCUT2D eigenvalue weighted by molar-refractivity contribution is 0.578. The average Bonchev–Trinajstić information content (AvgIpc) is 3.02. The molecule has 5 rings (SSSR count). The first-order valence-corrected chi connectivity index (χ1v) is 9.88. The van der Waals surface area contributed by atoms with Crippen molar-refractivity contribution in [3.8, 4) is 44.9 Å². The molecule has 0 amide bonds. The molecule has 0 radical (unpaired) electrons. The van der Waals surface area contributed by atoms with Gasteiger partial charge in [0.15, 0.2) is 0 Å². The second kappa shape index (κ2) is 7.37. The SMILES string of the molecule is Cc1c(-c2ccc3cccccc2-3)cc(-c2ccccc2)[o+]c1-c1ccccc1. The minimum atomic E-state index is 0.875. The van der Waals surface area contributed by atoms with E-state index in [1.54, 1.807) is 0 Å². The van der Waals surface area contributed by atoms with E-state index in [2.05, 4.69) is 91.9 Å². The Labute approximate surface area is 171 Å². The quantitative estimate of drug-likeness (QED) is 0.292. The van der Waals surface area contributed by atoms with E-state index in [9.17, 15) is 0 Å². The largest absolute Gasteiger partial charge is 0.364 e. The van der Waals surface area contributed by atoms with Gasteiger partial charge < -0.3 is 0 Å². The Morgan fingerprint density at radius 2 is 1.07 bits per heavy atom. The first-order chi connectivity index (χ1) is 14.3. The van der Waals surface area contributed by atoms with E-state index >= 15 is 0 Å². The summed E-state index contributed by atoms with van der Waals surface area (Å²) < 4.78 is 6.45. The highest BCUT2D eigenvalue weighted by Crippen LogP contribution is 2.41. The molecule has 2 aliphatic carbocycles. The number of hydrogen-bond donors (Lipinski definition) is 0. The molecule has 0 saturated carbocycles. The standard InChI is InChI=1S/C28H21O/c1-20-26(25-18-17-21-11-5-4-10-16-24(21)25)19-27(22-12-6-2-7-13-22)29-28(20)23-14-8-3-9-15-23/h2-19H,1H3/q+1. The fraction of sp³-hybridized carbons (Fsp3) is 0.0357. The fourth-order valence-corrected chi connectivity index (χ4v) is 3.92. The van der Waals surface area contributed by atoms with Crippen LogP contribution in [0.2, 0.25) is 0 Å². The summed E-state index contributed by atoms with van der Waals surface area (Å²) in [4.78, 5) is 0. The van der Waals surface area contributed by atoms with E-state index in [1.165, 1.54) is 22.3 Å². The summed E-state index contributed by atoms with van der Waals surface area (Å²) >= 11 is 0. The van der Waals surface area contributed by atoms with Crippen LogP contribution in [0.5, 0.6) is 0 Å². The van der Waals surface area contributed by atoms with Crippen molar-refractivity contribution in [3.63, 3.8) is 0 Å². The van der Waals surface area contributed by atoms with Crippen molar-refractivity contribution in [2.24, 2.45) is 0 Å². The topological polar surface area (TPSA) is 11.3 Å². The van der Waals surface area contributed by atoms with Gasteiger partial charge >= 0.3 is 11.5 Å². The number of fused-ring (bicyclic) bond motifs is 1. The van der Waals surface area contributed by atoms with Gasteiger partial charge in [0.05, 0.1) is 22.8 Å². The zero-order chi connectivity index (χ0) is 19.6. The predicted octanol–water partition coefficient (Wildman–Crippen LogP) is 7.97. The molecule has 2 aromatic carbocycles. The van der Waals surface area contributed by atoms with Gasteiger partial charge in [-0.15, -0.1) is 0 Å². The Balaban J connectivity index is 1.79. The summed E-state index contributed by atoms with van der Waals surface area (Å²) in [6, 6.07) is 37.9. The van der Waals surface area contributed by atoms with Gasteiger partial charge in [-0.05, 0) is 47.9 Å². The molecule has 1 nitrogen and oxygen atoms in total. The molecule has 1 heteroatoms. The van der Waals surface area contributed by atoms with E-state index in [0.29, 0.717) is 0 Å². The molecule has 138 valence electrons. The number of benzene rings is 2. The minimum absolute atomic E-state index is 0.875. The van der Waals surface area contributed by atoms with Crippen molar-refractivity contribution in [1.29, 1.82) is 0 Å². The van der Waals surface area contributed by atoms with Crippen molar-refractivity contribution < 1.29 is 4.42 Å². The smallest absolute Gasteiger partial charge is 0.206 e.